The highest BCUT2D eigenvalue weighted by molar-refractivity contribution is 5.82. The maximum Gasteiger partial charge on any atom is 0.326 e. The van der Waals surface area contributed by atoms with Crippen LogP contribution in [0.1, 0.15) is 25.5 Å². The molecule has 1 aliphatic rings. The van der Waals surface area contributed by atoms with Crippen molar-refractivity contribution in [2.24, 2.45) is 5.92 Å². The second kappa shape index (κ2) is 5.73. The number of nitrogens with one attached hydrogen (secondary N) is 3. The highest BCUT2D eigenvalue weighted by atomic mass is 16.4. The second-order valence-corrected chi connectivity index (χ2v) is 4.92. The number of carboxylic acids is 1. The third-order valence-electron chi connectivity index (χ3n) is 3.27. The van der Waals surface area contributed by atoms with Crippen LogP contribution in [0.4, 0.5) is 4.79 Å². The summed E-state index contributed by atoms with van der Waals surface area (Å²) in [7, 11) is 0. The van der Waals surface area contributed by atoms with Crippen molar-refractivity contribution in [1.82, 2.24) is 20.6 Å². The number of hydrogen-bond donors (Lipinski definition) is 4. The predicted molar refractivity (Wildman–Crippen MR) is 67.6 cm³/mol. The van der Waals surface area contributed by atoms with Crippen LogP contribution in [0.25, 0.3) is 0 Å². The van der Waals surface area contributed by atoms with Crippen LogP contribution in [-0.2, 0) is 11.2 Å². The van der Waals surface area contributed by atoms with Crippen LogP contribution in [0.2, 0.25) is 0 Å². The Morgan fingerprint density at radius 3 is 2.79 bits per heavy atom. The van der Waals surface area contributed by atoms with E-state index >= 15 is 0 Å². The molecule has 0 aliphatic heterocycles. The Bertz CT molecular complexity index is 442. The van der Waals surface area contributed by atoms with Crippen molar-refractivity contribution < 1.29 is 14.7 Å². The van der Waals surface area contributed by atoms with E-state index in [1.807, 2.05) is 6.92 Å². The average Bonchev–Trinajstić information content (AvgIpc) is 3.07. The summed E-state index contributed by atoms with van der Waals surface area (Å²) < 4.78 is 0. The molecule has 1 fully saturated rings. The van der Waals surface area contributed by atoms with Gasteiger partial charge in [0.25, 0.3) is 0 Å². The highest BCUT2D eigenvalue weighted by Crippen LogP contribution is 2.32. The number of carbonyl (C=O) groups is 2. The Labute approximate surface area is 110 Å². The Kier molecular flexibility index (Phi) is 4.03. The van der Waals surface area contributed by atoms with Gasteiger partial charge in [-0.1, -0.05) is 0 Å². The zero-order valence-corrected chi connectivity index (χ0v) is 10.7. The summed E-state index contributed by atoms with van der Waals surface area (Å²) in [5.41, 5.74) is 0.669. The number of aromatic amines is 1. The number of H-pyrrole nitrogens is 1. The van der Waals surface area contributed by atoms with E-state index in [2.05, 4.69) is 20.6 Å². The van der Waals surface area contributed by atoms with Crippen molar-refractivity contribution in [3.05, 3.63) is 18.2 Å². The number of rotatable bonds is 6. The molecular formula is C12H18N4O3. The minimum absolute atomic E-state index is 0.0848. The molecule has 2 amide bonds. The molecule has 4 N–H and O–H groups in total. The first-order chi connectivity index (χ1) is 9.06. The van der Waals surface area contributed by atoms with E-state index in [-0.39, 0.29) is 12.5 Å². The van der Waals surface area contributed by atoms with Gasteiger partial charge >= 0.3 is 12.0 Å². The SMILES string of the molecule is CC(NC(=O)N[C@@H](Cc1cnc[nH]1)C(=O)O)C1CC1. The molecule has 1 saturated carbocycles. The van der Waals surface area contributed by atoms with Crippen molar-refractivity contribution in [2.45, 2.75) is 38.3 Å². The van der Waals surface area contributed by atoms with Crippen LogP contribution >= 0.6 is 0 Å². The van der Waals surface area contributed by atoms with Gasteiger partial charge in [-0.05, 0) is 25.7 Å². The lowest BCUT2D eigenvalue weighted by Gasteiger charge is -2.17. The molecule has 0 radical (unpaired) electrons. The molecule has 0 saturated heterocycles. The molecule has 7 nitrogen and oxygen atoms in total. The van der Waals surface area contributed by atoms with Crippen LogP contribution < -0.4 is 10.6 Å². The van der Waals surface area contributed by atoms with Crippen molar-refractivity contribution in [3.63, 3.8) is 0 Å². The Morgan fingerprint density at radius 2 is 2.26 bits per heavy atom. The number of carbonyl (C=O) groups excluding carboxylic acids is 1. The number of aromatic nitrogens is 2. The molecule has 2 rings (SSSR count). The highest BCUT2D eigenvalue weighted by Gasteiger charge is 2.30. The van der Waals surface area contributed by atoms with Crippen LogP contribution in [0.3, 0.4) is 0 Å². The summed E-state index contributed by atoms with van der Waals surface area (Å²) in [5, 5.41) is 14.3. The standard InChI is InChI=1S/C12H18N4O3/c1-7(8-2-3-8)15-12(19)16-10(11(17)18)4-9-5-13-6-14-9/h5-8,10H,2-4H2,1H3,(H,13,14)(H,17,18)(H2,15,16,19)/t7?,10-/m0/s1. The zero-order chi connectivity index (χ0) is 13.8. The topological polar surface area (TPSA) is 107 Å². The van der Waals surface area contributed by atoms with Crippen molar-refractivity contribution in [2.75, 3.05) is 0 Å². The fourth-order valence-corrected chi connectivity index (χ4v) is 1.94. The van der Waals surface area contributed by atoms with Gasteiger partial charge in [0, 0.05) is 24.4 Å². The summed E-state index contributed by atoms with van der Waals surface area (Å²) in [4.78, 5) is 29.5. The van der Waals surface area contributed by atoms with Gasteiger partial charge in [0.2, 0.25) is 0 Å². The van der Waals surface area contributed by atoms with Crippen LogP contribution in [0, 0.1) is 5.92 Å². The van der Waals surface area contributed by atoms with Gasteiger partial charge in [0.15, 0.2) is 0 Å². The first-order valence-corrected chi connectivity index (χ1v) is 6.33. The van der Waals surface area contributed by atoms with E-state index in [1.54, 1.807) is 6.20 Å². The summed E-state index contributed by atoms with van der Waals surface area (Å²) in [6.07, 6.45) is 5.45. The summed E-state index contributed by atoms with van der Waals surface area (Å²) >= 11 is 0. The molecule has 0 aromatic carbocycles. The van der Waals surface area contributed by atoms with Crippen molar-refractivity contribution in [1.29, 1.82) is 0 Å². The fourth-order valence-electron chi connectivity index (χ4n) is 1.94. The van der Waals surface area contributed by atoms with Crippen LogP contribution in [0.5, 0.6) is 0 Å². The Morgan fingerprint density at radius 1 is 1.53 bits per heavy atom. The fraction of sp³-hybridized carbons (Fsp3) is 0.583. The van der Waals surface area contributed by atoms with Gasteiger partial charge in [-0.15, -0.1) is 0 Å². The quantitative estimate of drug-likeness (QED) is 0.601. The van der Waals surface area contributed by atoms with Gasteiger partial charge < -0.3 is 20.7 Å². The minimum atomic E-state index is -1.07. The maximum atomic E-state index is 11.7. The molecule has 104 valence electrons. The van der Waals surface area contributed by atoms with Gasteiger partial charge in [0.1, 0.15) is 6.04 Å². The molecule has 19 heavy (non-hydrogen) atoms. The smallest absolute Gasteiger partial charge is 0.326 e. The lowest BCUT2D eigenvalue weighted by Crippen LogP contribution is -2.49. The molecular weight excluding hydrogens is 248 g/mol. The van der Waals surface area contributed by atoms with Crippen LogP contribution in [0.15, 0.2) is 12.5 Å². The molecule has 1 aromatic heterocycles. The minimum Gasteiger partial charge on any atom is -0.480 e. The molecule has 7 heteroatoms. The molecule has 1 unspecified atom stereocenters. The summed E-state index contributed by atoms with van der Waals surface area (Å²) in [6.45, 7) is 1.93. The largest absolute Gasteiger partial charge is 0.480 e. The third-order valence-corrected chi connectivity index (χ3v) is 3.27. The molecule has 0 bridgehead atoms. The Balaban J connectivity index is 1.85. The lowest BCUT2D eigenvalue weighted by molar-refractivity contribution is -0.139. The summed E-state index contributed by atoms with van der Waals surface area (Å²) in [6, 6.07) is -1.32. The lowest BCUT2D eigenvalue weighted by atomic mass is 10.1. The number of amides is 2. The first-order valence-electron chi connectivity index (χ1n) is 6.33. The van der Waals surface area contributed by atoms with E-state index in [0.29, 0.717) is 11.6 Å². The van der Waals surface area contributed by atoms with Crippen molar-refractivity contribution >= 4 is 12.0 Å². The number of aliphatic carboxylic acids is 1. The van der Waals surface area contributed by atoms with E-state index in [0.717, 1.165) is 12.8 Å². The van der Waals surface area contributed by atoms with Crippen molar-refractivity contribution in [3.8, 4) is 0 Å². The maximum absolute atomic E-state index is 11.7. The van der Waals surface area contributed by atoms with Gasteiger partial charge in [0.05, 0.1) is 6.33 Å². The van der Waals surface area contributed by atoms with E-state index < -0.39 is 18.0 Å². The number of urea groups is 1. The van der Waals surface area contributed by atoms with Gasteiger partial charge in [-0.2, -0.15) is 0 Å². The average molecular weight is 266 g/mol. The number of imidazole rings is 1. The molecule has 2 atom stereocenters. The third kappa shape index (κ3) is 3.97. The Hall–Kier alpha value is -2.05. The zero-order valence-electron chi connectivity index (χ0n) is 10.7. The van der Waals surface area contributed by atoms with Gasteiger partial charge in [-0.3, -0.25) is 0 Å². The molecule has 1 heterocycles. The summed E-state index contributed by atoms with van der Waals surface area (Å²) in [5.74, 6) is -0.537. The second-order valence-electron chi connectivity index (χ2n) is 4.92. The predicted octanol–water partition coefficient (Wildman–Crippen LogP) is 0.503. The molecule has 0 spiro atoms. The number of carboxylic acid groups (broad SMARTS) is 1. The first kappa shape index (κ1) is 13.4. The number of hydrogen-bond acceptors (Lipinski definition) is 3. The van der Waals surface area contributed by atoms with Crippen LogP contribution in [-0.4, -0.2) is 39.2 Å². The molecule has 1 aromatic rings. The number of nitrogens with zero attached hydrogens (tertiary/aromatic N) is 1. The molecule has 1 aliphatic carbocycles. The van der Waals surface area contributed by atoms with E-state index in [9.17, 15) is 9.59 Å². The van der Waals surface area contributed by atoms with E-state index in [4.69, 9.17) is 5.11 Å². The van der Waals surface area contributed by atoms with E-state index in [1.165, 1.54) is 6.33 Å². The van der Waals surface area contributed by atoms with Gasteiger partial charge in [-0.25, -0.2) is 14.6 Å². The normalized spacial score (nSPS) is 17.5. The monoisotopic (exact) mass is 266 g/mol.